The van der Waals surface area contributed by atoms with Crippen molar-refractivity contribution < 1.29 is 23.9 Å². The number of carbonyl (C=O) groups is 3. The molecule has 2 aliphatic heterocycles. The van der Waals surface area contributed by atoms with E-state index in [4.69, 9.17) is 9.47 Å². The van der Waals surface area contributed by atoms with Crippen molar-refractivity contribution >= 4 is 35.8 Å². The van der Waals surface area contributed by atoms with Crippen molar-refractivity contribution in [2.75, 3.05) is 51.4 Å². The van der Waals surface area contributed by atoms with Gasteiger partial charge in [-0.1, -0.05) is 12.1 Å². The van der Waals surface area contributed by atoms with Crippen molar-refractivity contribution in [2.24, 2.45) is 0 Å². The van der Waals surface area contributed by atoms with Crippen LogP contribution >= 0.6 is 12.4 Å². The number of carbonyl (C=O) groups excluding carboxylic acids is 3. The van der Waals surface area contributed by atoms with E-state index in [1.165, 1.54) is 19.2 Å². The topological polar surface area (TPSA) is 88.2 Å². The molecule has 170 valence electrons. The number of para-hydroxylation sites is 2. The van der Waals surface area contributed by atoms with Crippen LogP contribution in [0.15, 0.2) is 42.5 Å². The van der Waals surface area contributed by atoms with Gasteiger partial charge in [-0.15, -0.1) is 12.4 Å². The molecule has 4 rings (SSSR count). The van der Waals surface area contributed by atoms with Gasteiger partial charge < -0.3 is 14.8 Å². The number of amides is 3. The highest BCUT2D eigenvalue weighted by Gasteiger charge is 2.38. The van der Waals surface area contributed by atoms with Gasteiger partial charge in [-0.2, -0.15) is 0 Å². The summed E-state index contributed by atoms with van der Waals surface area (Å²) in [5, 5.41) is 2.89. The van der Waals surface area contributed by atoms with Crippen LogP contribution < -0.4 is 15.0 Å². The summed E-state index contributed by atoms with van der Waals surface area (Å²) in [5.41, 5.74) is 1.23. The molecule has 0 saturated carbocycles. The zero-order chi connectivity index (χ0) is 21.8. The number of nitrogens with one attached hydrogen (secondary N) is 1. The number of halogens is 1. The molecule has 2 aliphatic rings. The highest BCUT2D eigenvalue weighted by molar-refractivity contribution is 6.35. The summed E-state index contributed by atoms with van der Waals surface area (Å²) in [6.07, 6.45) is 0.829. The van der Waals surface area contributed by atoms with Crippen LogP contribution in [0.3, 0.4) is 0 Å². The van der Waals surface area contributed by atoms with Crippen molar-refractivity contribution in [1.82, 2.24) is 10.2 Å². The predicted molar refractivity (Wildman–Crippen MR) is 122 cm³/mol. The number of fused-ring (bicyclic) bond motifs is 1. The first-order valence-corrected chi connectivity index (χ1v) is 10.3. The molecule has 1 saturated heterocycles. The second-order valence-electron chi connectivity index (χ2n) is 7.44. The molecule has 1 N–H and O–H groups in total. The van der Waals surface area contributed by atoms with Crippen molar-refractivity contribution in [3.63, 3.8) is 0 Å². The van der Waals surface area contributed by atoms with Gasteiger partial charge in [0.25, 0.3) is 17.7 Å². The van der Waals surface area contributed by atoms with E-state index in [1.54, 1.807) is 30.3 Å². The molecule has 0 aliphatic carbocycles. The lowest BCUT2D eigenvalue weighted by atomic mass is 10.1. The lowest BCUT2D eigenvalue weighted by Crippen LogP contribution is -2.38. The third-order valence-corrected chi connectivity index (χ3v) is 5.52. The number of benzene rings is 2. The number of morpholine rings is 1. The number of hydrogen-bond acceptors (Lipinski definition) is 6. The Bertz CT molecular complexity index is 1010. The highest BCUT2D eigenvalue weighted by Crippen LogP contribution is 2.34. The fourth-order valence-electron chi connectivity index (χ4n) is 3.85. The van der Waals surface area contributed by atoms with Gasteiger partial charge in [-0.3, -0.25) is 19.3 Å². The second-order valence-corrected chi connectivity index (χ2v) is 7.44. The molecule has 0 spiro atoms. The van der Waals surface area contributed by atoms with E-state index in [0.717, 1.165) is 44.2 Å². The molecule has 2 aromatic rings. The number of nitrogens with zero attached hydrogens (tertiary/aromatic N) is 2. The van der Waals surface area contributed by atoms with Gasteiger partial charge in [0, 0.05) is 25.2 Å². The highest BCUT2D eigenvalue weighted by atomic mass is 35.5. The maximum atomic E-state index is 13.0. The van der Waals surface area contributed by atoms with E-state index in [1.807, 2.05) is 0 Å². The van der Waals surface area contributed by atoms with E-state index in [0.29, 0.717) is 23.5 Å². The molecule has 8 nitrogen and oxygen atoms in total. The Balaban J connectivity index is 0.00000289. The van der Waals surface area contributed by atoms with Gasteiger partial charge in [-0.25, -0.2) is 4.90 Å². The van der Waals surface area contributed by atoms with Crippen LogP contribution in [0.1, 0.15) is 37.5 Å². The number of imide groups is 1. The molecule has 0 atom stereocenters. The standard InChI is InChI=1S/C23H25N3O5.ClH/c1-30-20-6-3-2-5-19(20)26-22(28)17-8-7-16(15-18(17)23(26)29)21(27)24-9-4-10-25-11-13-31-14-12-25;/h2-3,5-8,15H,4,9-14H2,1H3,(H,24,27);1H. The van der Waals surface area contributed by atoms with E-state index < -0.39 is 11.8 Å². The van der Waals surface area contributed by atoms with E-state index >= 15 is 0 Å². The average molecular weight is 460 g/mol. The van der Waals surface area contributed by atoms with Crippen molar-refractivity contribution in [1.29, 1.82) is 0 Å². The first-order valence-electron chi connectivity index (χ1n) is 10.3. The van der Waals surface area contributed by atoms with E-state index in [-0.39, 0.29) is 29.4 Å². The summed E-state index contributed by atoms with van der Waals surface area (Å²) < 4.78 is 10.6. The number of hydrogen-bond donors (Lipinski definition) is 1. The maximum absolute atomic E-state index is 13.0. The first kappa shape index (κ1) is 23.7. The van der Waals surface area contributed by atoms with Crippen LogP contribution in [0.25, 0.3) is 0 Å². The summed E-state index contributed by atoms with van der Waals surface area (Å²) >= 11 is 0. The summed E-state index contributed by atoms with van der Waals surface area (Å²) in [6, 6.07) is 11.4. The van der Waals surface area contributed by atoms with Gasteiger partial charge in [0.2, 0.25) is 0 Å². The predicted octanol–water partition coefficient (Wildman–Crippen LogP) is 2.37. The van der Waals surface area contributed by atoms with E-state index in [9.17, 15) is 14.4 Å². The molecule has 3 amide bonds. The third-order valence-electron chi connectivity index (χ3n) is 5.52. The molecular formula is C23H26ClN3O5. The number of ether oxygens (including phenoxy) is 2. The fourth-order valence-corrected chi connectivity index (χ4v) is 3.85. The van der Waals surface area contributed by atoms with Gasteiger partial charge in [0.05, 0.1) is 37.1 Å². The number of methoxy groups -OCH3 is 1. The van der Waals surface area contributed by atoms with Crippen molar-refractivity contribution in [2.45, 2.75) is 6.42 Å². The number of anilines is 1. The monoisotopic (exact) mass is 459 g/mol. The van der Waals surface area contributed by atoms with Crippen LogP contribution in [0.4, 0.5) is 5.69 Å². The van der Waals surface area contributed by atoms with Crippen LogP contribution in [-0.4, -0.2) is 69.1 Å². The van der Waals surface area contributed by atoms with Crippen molar-refractivity contribution in [3.8, 4) is 5.75 Å². The van der Waals surface area contributed by atoms with Crippen molar-refractivity contribution in [3.05, 3.63) is 59.2 Å². The van der Waals surface area contributed by atoms with Crippen LogP contribution in [0, 0.1) is 0 Å². The lowest BCUT2D eigenvalue weighted by Gasteiger charge is -2.26. The molecule has 0 unspecified atom stereocenters. The molecule has 1 fully saturated rings. The minimum Gasteiger partial charge on any atom is -0.495 e. The Morgan fingerprint density at radius 2 is 1.78 bits per heavy atom. The first-order chi connectivity index (χ1) is 15.1. The second kappa shape index (κ2) is 10.6. The Labute approximate surface area is 192 Å². The third kappa shape index (κ3) is 4.77. The van der Waals surface area contributed by atoms with Gasteiger partial charge in [0.15, 0.2) is 0 Å². The maximum Gasteiger partial charge on any atom is 0.266 e. The Morgan fingerprint density at radius 3 is 2.53 bits per heavy atom. The number of rotatable bonds is 7. The Hall–Kier alpha value is -2.94. The van der Waals surface area contributed by atoms with Gasteiger partial charge in [-0.05, 0) is 43.3 Å². The largest absolute Gasteiger partial charge is 0.495 e. The molecule has 9 heteroatoms. The zero-order valence-electron chi connectivity index (χ0n) is 17.8. The molecule has 0 bridgehead atoms. The summed E-state index contributed by atoms with van der Waals surface area (Å²) in [6.45, 7) is 4.76. The Kier molecular flexibility index (Phi) is 7.84. The Morgan fingerprint density at radius 1 is 1.06 bits per heavy atom. The summed E-state index contributed by atoms with van der Waals surface area (Å²) in [4.78, 5) is 41.8. The molecule has 0 aromatic heterocycles. The van der Waals surface area contributed by atoms with Crippen LogP contribution in [-0.2, 0) is 4.74 Å². The molecular weight excluding hydrogens is 434 g/mol. The summed E-state index contributed by atoms with van der Waals surface area (Å²) in [5.74, 6) is -0.732. The minimum atomic E-state index is -0.466. The van der Waals surface area contributed by atoms with Crippen LogP contribution in [0.5, 0.6) is 5.75 Å². The van der Waals surface area contributed by atoms with Gasteiger partial charge in [0.1, 0.15) is 5.75 Å². The SMILES string of the molecule is COc1ccccc1N1C(=O)c2ccc(C(=O)NCCCN3CCOCC3)cc2C1=O.Cl. The zero-order valence-corrected chi connectivity index (χ0v) is 18.7. The molecule has 2 aromatic carbocycles. The molecule has 2 heterocycles. The lowest BCUT2D eigenvalue weighted by molar-refractivity contribution is 0.0374. The minimum absolute atomic E-state index is 0. The molecule has 0 radical (unpaired) electrons. The smallest absolute Gasteiger partial charge is 0.266 e. The quantitative estimate of drug-likeness (QED) is 0.505. The normalized spacial score (nSPS) is 15.8. The molecule has 32 heavy (non-hydrogen) atoms. The van der Waals surface area contributed by atoms with Crippen LogP contribution in [0.2, 0.25) is 0 Å². The van der Waals surface area contributed by atoms with E-state index in [2.05, 4.69) is 10.2 Å². The van der Waals surface area contributed by atoms with Gasteiger partial charge >= 0.3 is 0 Å². The fraction of sp³-hybridized carbons (Fsp3) is 0.348. The summed E-state index contributed by atoms with van der Waals surface area (Å²) in [7, 11) is 1.48. The average Bonchev–Trinajstić information content (AvgIpc) is 3.06.